The molecule has 2 aromatic heterocycles. The predicted octanol–water partition coefficient (Wildman–Crippen LogP) is 1.73. The van der Waals surface area contributed by atoms with E-state index in [4.69, 9.17) is 0 Å². The van der Waals surface area contributed by atoms with Gasteiger partial charge >= 0.3 is 0 Å². The molecule has 34 heavy (non-hydrogen) atoms. The summed E-state index contributed by atoms with van der Waals surface area (Å²) in [6, 6.07) is 5.85. The molecule has 0 aliphatic carbocycles. The Morgan fingerprint density at radius 1 is 1.09 bits per heavy atom. The van der Waals surface area contributed by atoms with Gasteiger partial charge in [-0.05, 0) is 24.1 Å². The Labute approximate surface area is 194 Å². The lowest BCUT2D eigenvalue weighted by Crippen LogP contribution is -2.34. The number of imide groups is 1. The summed E-state index contributed by atoms with van der Waals surface area (Å²) in [5.74, 6) is 0.567. The van der Waals surface area contributed by atoms with Crippen LogP contribution >= 0.6 is 0 Å². The van der Waals surface area contributed by atoms with Gasteiger partial charge in [0.05, 0.1) is 5.41 Å². The van der Waals surface area contributed by atoms with Gasteiger partial charge in [-0.15, -0.1) is 5.10 Å². The minimum absolute atomic E-state index is 0.00255. The van der Waals surface area contributed by atoms with Crippen LogP contribution in [0.5, 0.6) is 0 Å². The fraction of sp³-hybridized carbons (Fsp3) is 0.391. The maximum absolute atomic E-state index is 12.4. The van der Waals surface area contributed by atoms with E-state index in [0.717, 1.165) is 16.9 Å². The number of nitrogens with zero attached hydrogens (tertiary/aromatic N) is 5. The first-order valence-corrected chi connectivity index (χ1v) is 11.2. The molecule has 0 bridgehead atoms. The largest absolute Gasteiger partial charge is 0.352 e. The maximum Gasteiger partial charge on any atom is 0.247 e. The van der Waals surface area contributed by atoms with Crippen LogP contribution in [0.2, 0.25) is 0 Å². The number of carbonyl (C=O) groups excluding carboxylic acids is 3. The third-order valence-corrected chi connectivity index (χ3v) is 7.00. The van der Waals surface area contributed by atoms with E-state index >= 15 is 0 Å². The zero-order chi connectivity index (χ0) is 23.7. The second-order valence-electron chi connectivity index (χ2n) is 9.95. The summed E-state index contributed by atoms with van der Waals surface area (Å²) in [7, 11) is 0. The number of rotatable bonds is 3. The quantitative estimate of drug-likeness (QED) is 0.503. The van der Waals surface area contributed by atoms with Gasteiger partial charge in [0.15, 0.2) is 11.5 Å². The van der Waals surface area contributed by atoms with Gasteiger partial charge in [0, 0.05) is 55.1 Å². The summed E-state index contributed by atoms with van der Waals surface area (Å²) < 4.78 is 1.64. The van der Waals surface area contributed by atoms with Crippen LogP contribution in [-0.4, -0.2) is 50.4 Å². The fourth-order valence-electron chi connectivity index (χ4n) is 5.29. The zero-order valence-electron chi connectivity index (χ0n) is 18.9. The Morgan fingerprint density at radius 2 is 1.91 bits per heavy atom. The molecule has 2 fully saturated rings. The summed E-state index contributed by atoms with van der Waals surface area (Å²) in [5, 5.41) is 13.1. The molecular formula is C23H24N8O3. The molecule has 3 aromatic rings. The molecule has 1 spiro atoms. The number of hydrogen-bond acceptors (Lipinski definition) is 8. The molecule has 11 heteroatoms. The molecule has 3 amide bonds. The number of amides is 3. The highest BCUT2D eigenvalue weighted by atomic mass is 16.2. The van der Waals surface area contributed by atoms with Crippen LogP contribution in [0.1, 0.15) is 38.7 Å². The van der Waals surface area contributed by atoms with Gasteiger partial charge in [0.25, 0.3) is 0 Å². The molecule has 11 nitrogen and oxygen atoms in total. The molecule has 2 saturated heterocycles. The summed E-state index contributed by atoms with van der Waals surface area (Å²) in [4.78, 5) is 47.4. The highest BCUT2D eigenvalue weighted by Crippen LogP contribution is 2.40. The number of benzene rings is 1. The van der Waals surface area contributed by atoms with Gasteiger partial charge in [0.1, 0.15) is 0 Å². The van der Waals surface area contributed by atoms with Gasteiger partial charge in [0.2, 0.25) is 23.7 Å². The summed E-state index contributed by atoms with van der Waals surface area (Å²) >= 11 is 0. The molecule has 3 aliphatic rings. The number of aromatic nitrogens is 4. The SMILES string of the molecule is CC1(C)CC(=O)Nc2cc(Nc3nc4c(N5CCC6(CC(=O)NC6=O)C5)nccn4n3)ccc21. The number of hydrogen-bond donors (Lipinski definition) is 3. The molecule has 5 heterocycles. The van der Waals surface area contributed by atoms with Crippen LogP contribution in [0, 0.1) is 5.41 Å². The van der Waals surface area contributed by atoms with Gasteiger partial charge in [-0.2, -0.15) is 4.98 Å². The Bertz CT molecular complexity index is 1380. The average molecular weight is 460 g/mol. The molecule has 3 N–H and O–H groups in total. The van der Waals surface area contributed by atoms with Crippen LogP contribution in [0.3, 0.4) is 0 Å². The van der Waals surface area contributed by atoms with Crippen LogP contribution in [0.25, 0.3) is 5.65 Å². The van der Waals surface area contributed by atoms with E-state index < -0.39 is 5.41 Å². The fourth-order valence-corrected chi connectivity index (χ4v) is 5.29. The first-order chi connectivity index (χ1) is 16.2. The van der Waals surface area contributed by atoms with Gasteiger partial charge < -0.3 is 15.5 Å². The smallest absolute Gasteiger partial charge is 0.247 e. The van der Waals surface area contributed by atoms with Crippen molar-refractivity contribution in [3.63, 3.8) is 0 Å². The topological polar surface area (TPSA) is 134 Å². The van der Waals surface area contributed by atoms with Crippen LogP contribution < -0.4 is 20.9 Å². The van der Waals surface area contributed by atoms with E-state index in [9.17, 15) is 14.4 Å². The molecule has 3 aliphatic heterocycles. The normalized spacial score (nSPS) is 23.4. The number of fused-ring (bicyclic) bond motifs is 2. The number of nitrogens with one attached hydrogen (secondary N) is 3. The molecule has 174 valence electrons. The van der Waals surface area contributed by atoms with Crippen molar-refractivity contribution in [1.82, 2.24) is 24.9 Å². The van der Waals surface area contributed by atoms with E-state index in [-0.39, 0.29) is 29.6 Å². The summed E-state index contributed by atoms with van der Waals surface area (Å²) in [6.07, 6.45) is 4.59. The number of anilines is 4. The minimum atomic E-state index is -0.700. The lowest BCUT2D eigenvalue weighted by molar-refractivity contribution is -0.128. The van der Waals surface area contributed by atoms with Crippen molar-refractivity contribution in [3.05, 3.63) is 36.2 Å². The Kier molecular flexibility index (Phi) is 4.23. The van der Waals surface area contributed by atoms with Crippen LogP contribution in [-0.2, 0) is 19.8 Å². The molecule has 6 rings (SSSR count). The lowest BCUT2D eigenvalue weighted by Gasteiger charge is -2.32. The van der Waals surface area contributed by atoms with E-state index in [2.05, 4.69) is 44.9 Å². The van der Waals surface area contributed by atoms with Crippen molar-refractivity contribution in [2.24, 2.45) is 5.41 Å². The highest BCUT2D eigenvalue weighted by Gasteiger charge is 2.51. The van der Waals surface area contributed by atoms with Crippen molar-refractivity contribution >= 4 is 46.5 Å². The lowest BCUT2D eigenvalue weighted by atomic mass is 9.78. The van der Waals surface area contributed by atoms with Gasteiger partial charge in [-0.1, -0.05) is 19.9 Å². The second-order valence-corrected chi connectivity index (χ2v) is 9.95. The van der Waals surface area contributed by atoms with Gasteiger partial charge in [-0.25, -0.2) is 9.50 Å². The van der Waals surface area contributed by atoms with Crippen LogP contribution in [0.4, 0.5) is 23.1 Å². The molecular weight excluding hydrogens is 436 g/mol. The number of carbonyl (C=O) groups is 3. The molecule has 1 aromatic carbocycles. The van der Waals surface area contributed by atoms with E-state index in [0.29, 0.717) is 43.3 Å². The van der Waals surface area contributed by atoms with Crippen molar-refractivity contribution in [2.45, 2.75) is 38.5 Å². The van der Waals surface area contributed by atoms with Gasteiger partial charge in [-0.3, -0.25) is 19.7 Å². The summed E-state index contributed by atoms with van der Waals surface area (Å²) in [5.41, 5.74) is 2.25. The maximum atomic E-state index is 12.4. The third-order valence-electron chi connectivity index (χ3n) is 7.00. The Hall–Kier alpha value is -4.02. The first-order valence-electron chi connectivity index (χ1n) is 11.2. The molecule has 1 unspecified atom stereocenters. The third kappa shape index (κ3) is 3.18. The zero-order valence-corrected chi connectivity index (χ0v) is 18.9. The van der Waals surface area contributed by atoms with E-state index in [1.807, 2.05) is 23.1 Å². The van der Waals surface area contributed by atoms with E-state index in [1.54, 1.807) is 16.9 Å². The van der Waals surface area contributed by atoms with E-state index in [1.165, 1.54) is 0 Å². The standard InChI is InChI=1S/C23H24N8O3/c1-22(2)10-16(32)26-15-9-13(3-4-14(15)22)25-21-28-19-18(24-6-8-31(19)29-21)30-7-5-23(12-30)11-17(33)27-20(23)34/h3-4,6,8-9H,5,7,10-12H2,1-2H3,(H,25,29)(H,26,32)(H,27,33,34). The average Bonchev–Trinajstić information content (AvgIpc) is 3.43. The molecule has 0 radical (unpaired) electrons. The molecule has 0 saturated carbocycles. The second kappa shape index (κ2) is 6.99. The Morgan fingerprint density at radius 3 is 2.71 bits per heavy atom. The predicted molar refractivity (Wildman–Crippen MR) is 124 cm³/mol. The Balaban J connectivity index is 1.28. The minimum Gasteiger partial charge on any atom is -0.352 e. The monoisotopic (exact) mass is 460 g/mol. The van der Waals surface area contributed by atoms with Crippen molar-refractivity contribution in [2.75, 3.05) is 28.6 Å². The van der Waals surface area contributed by atoms with Crippen molar-refractivity contribution in [3.8, 4) is 0 Å². The van der Waals surface area contributed by atoms with Crippen molar-refractivity contribution < 1.29 is 14.4 Å². The van der Waals surface area contributed by atoms with Crippen molar-refractivity contribution in [1.29, 1.82) is 0 Å². The first kappa shape index (κ1) is 20.6. The van der Waals surface area contributed by atoms with Crippen LogP contribution in [0.15, 0.2) is 30.6 Å². The highest BCUT2D eigenvalue weighted by molar-refractivity contribution is 6.06. The summed E-state index contributed by atoms with van der Waals surface area (Å²) in [6.45, 7) is 5.13. The molecule has 1 atom stereocenters.